The van der Waals surface area contributed by atoms with Gasteiger partial charge in [-0.15, -0.1) is 15.3 Å². The van der Waals surface area contributed by atoms with Gasteiger partial charge in [0.25, 0.3) is 0 Å². The van der Waals surface area contributed by atoms with E-state index in [0.29, 0.717) is 5.92 Å². The third-order valence-electron chi connectivity index (χ3n) is 6.01. The second-order valence-electron chi connectivity index (χ2n) is 7.89. The van der Waals surface area contributed by atoms with Crippen molar-refractivity contribution in [3.8, 4) is 5.82 Å². The molecular weight excluding hydrogens is 368 g/mol. The van der Waals surface area contributed by atoms with Gasteiger partial charge in [-0.2, -0.15) is 9.61 Å². The van der Waals surface area contributed by atoms with E-state index >= 15 is 0 Å². The molecule has 0 aliphatic carbocycles. The lowest BCUT2D eigenvalue weighted by atomic mass is 9.96. The molecule has 3 aromatic rings. The van der Waals surface area contributed by atoms with Crippen LogP contribution in [0.2, 0.25) is 0 Å². The van der Waals surface area contributed by atoms with Crippen LogP contribution >= 0.6 is 0 Å². The van der Waals surface area contributed by atoms with Crippen LogP contribution in [0.1, 0.15) is 31.0 Å². The highest BCUT2D eigenvalue weighted by molar-refractivity contribution is 5.39. The molecule has 2 fully saturated rings. The van der Waals surface area contributed by atoms with Gasteiger partial charge in [-0.3, -0.25) is 4.90 Å². The highest BCUT2D eigenvalue weighted by atomic mass is 16.5. The van der Waals surface area contributed by atoms with Crippen LogP contribution in [-0.4, -0.2) is 91.9 Å². The third-order valence-corrected chi connectivity index (χ3v) is 6.01. The zero-order valence-electron chi connectivity index (χ0n) is 16.7. The number of rotatable bonds is 5. The van der Waals surface area contributed by atoms with E-state index < -0.39 is 0 Å². The fourth-order valence-corrected chi connectivity index (χ4v) is 4.30. The van der Waals surface area contributed by atoms with Gasteiger partial charge in [0.15, 0.2) is 17.3 Å². The fraction of sp³-hybridized carbons (Fsp3) is 0.600. The molecule has 0 atom stereocenters. The summed E-state index contributed by atoms with van der Waals surface area (Å²) < 4.78 is 9.22. The maximum atomic E-state index is 5.56. The molecule has 0 N–H and O–H groups in total. The zero-order chi connectivity index (χ0) is 19.5. The van der Waals surface area contributed by atoms with Gasteiger partial charge in [-0.25, -0.2) is 4.68 Å². The molecule has 154 valence electrons. The number of hydrogen-bond donors (Lipinski definition) is 0. The maximum Gasteiger partial charge on any atom is 0.178 e. The summed E-state index contributed by atoms with van der Waals surface area (Å²) in [6, 6.07) is 5.78. The lowest BCUT2D eigenvalue weighted by molar-refractivity contribution is 0.134. The summed E-state index contributed by atoms with van der Waals surface area (Å²) in [7, 11) is 0. The van der Waals surface area contributed by atoms with Crippen LogP contribution in [0.4, 0.5) is 0 Å². The molecule has 9 nitrogen and oxygen atoms in total. The Morgan fingerprint density at radius 3 is 2.66 bits per heavy atom. The molecule has 0 radical (unpaired) electrons. The summed E-state index contributed by atoms with van der Waals surface area (Å²) in [6.07, 6.45) is 6.99. The molecule has 0 unspecified atom stereocenters. The standard InChI is InChI=1S/C20H28N8O/c1-7-21-27(9-1)19-4-3-18-22-23-20(28(18)24-19)17-5-10-26(11-6-17)13-12-25-8-2-15-29-16-14-25/h1,3-4,7,9,17H,2,5-6,8,10-16H2. The molecule has 9 heteroatoms. The van der Waals surface area contributed by atoms with Crippen molar-refractivity contribution < 1.29 is 4.74 Å². The Labute approximate surface area is 170 Å². The van der Waals surface area contributed by atoms with Crippen LogP contribution in [0.5, 0.6) is 0 Å². The van der Waals surface area contributed by atoms with Gasteiger partial charge in [-0.1, -0.05) is 0 Å². The first-order valence-corrected chi connectivity index (χ1v) is 10.6. The number of likely N-dealkylation sites (tertiary alicyclic amines) is 1. The molecule has 0 amide bonds. The van der Waals surface area contributed by atoms with Crippen molar-refractivity contribution in [1.29, 1.82) is 0 Å². The molecule has 0 bridgehead atoms. The van der Waals surface area contributed by atoms with Crippen LogP contribution in [0.15, 0.2) is 30.6 Å². The first-order chi connectivity index (χ1) is 14.4. The Hall–Kier alpha value is -2.36. The van der Waals surface area contributed by atoms with Crippen molar-refractivity contribution in [1.82, 2.24) is 39.4 Å². The highest BCUT2D eigenvalue weighted by Crippen LogP contribution is 2.27. The minimum Gasteiger partial charge on any atom is -0.380 e. The SMILES string of the molecule is c1cnn(-c2ccc3nnc(C4CCN(CCN5CCCOCC5)CC4)n3n2)c1. The molecular formula is C20H28N8O. The number of aromatic nitrogens is 6. The monoisotopic (exact) mass is 396 g/mol. The topological polar surface area (TPSA) is 76.6 Å². The van der Waals surface area contributed by atoms with E-state index in [9.17, 15) is 0 Å². The van der Waals surface area contributed by atoms with Gasteiger partial charge in [0.1, 0.15) is 0 Å². The van der Waals surface area contributed by atoms with Gasteiger partial charge < -0.3 is 9.64 Å². The Morgan fingerprint density at radius 2 is 1.83 bits per heavy atom. The Morgan fingerprint density at radius 1 is 0.966 bits per heavy atom. The second-order valence-corrected chi connectivity index (χ2v) is 7.89. The lowest BCUT2D eigenvalue weighted by Gasteiger charge is -2.32. The fourth-order valence-electron chi connectivity index (χ4n) is 4.30. The Bertz CT molecular complexity index is 908. The molecule has 0 spiro atoms. The predicted octanol–water partition coefficient (Wildman–Crippen LogP) is 1.21. The van der Waals surface area contributed by atoms with Gasteiger partial charge in [0.05, 0.1) is 6.61 Å². The normalized spacial score (nSPS) is 20.3. The lowest BCUT2D eigenvalue weighted by Crippen LogP contribution is -2.40. The number of hydrogen-bond acceptors (Lipinski definition) is 7. The number of ether oxygens (including phenoxy) is 1. The van der Waals surface area contributed by atoms with E-state index in [1.807, 2.05) is 28.9 Å². The van der Waals surface area contributed by atoms with Gasteiger partial charge >= 0.3 is 0 Å². The maximum absolute atomic E-state index is 5.56. The molecule has 2 saturated heterocycles. The molecule has 5 heterocycles. The molecule has 2 aliphatic rings. The van der Waals surface area contributed by atoms with Crippen LogP contribution < -0.4 is 0 Å². The quantitative estimate of drug-likeness (QED) is 0.642. The largest absolute Gasteiger partial charge is 0.380 e. The van der Waals surface area contributed by atoms with Crippen molar-refractivity contribution in [3.05, 3.63) is 36.4 Å². The number of nitrogens with zero attached hydrogens (tertiary/aromatic N) is 8. The molecule has 0 aromatic carbocycles. The van der Waals surface area contributed by atoms with E-state index in [0.717, 1.165) is 89.0 Å². The van der Waals surface area contributed by atoms with Crippen molar-refractivity contribution in [3.63, 3.8) is 0 Å². The Balaban J connectivity index is 1.21. The Kier molecular flexibility index (Phi) is 5.51. The zero-order valence-corrected chi connectivity index (χ0v) is 16.7. The van der Waals surface area contributed by atoms with E-state index in [1.165, 1.54) is 0 Å². The van der Waals surface area contributed by atoms with Gasteiger partial charge in [0.2, 0.25) is 0 Å². The van der Waals surface area contributed by atoms with E-state index in [2.05, 4.69) is 25.1 Å². The molecule has 2 aliphatic heterocycles. The second kappa shape index (κ2) is 8.56. The van der Waals surface area contributed by atoms with Crippen LogP contribution in [-0.2, 0) is 4.74 Å². The molecule has 3 aromatic heterocycles. The minimum absolute atomic E-state index is 0.396. The van der Waals surface area contributed by atoms with Crippen LogP contribution in [0.3, 0.4) is 0 Å². The predicted molar refractivity (Wildman–Crippen MR) is 108 cm³/mol. The highest BCUT2D eigenvalue weighted by Gasteiger charge is 2.25. The summed E-state index contributed by atoms with van der Waals surface area (Å²) in [6.45, 7) is 8.47. The van der Waals surface area contributed by atoms with Crippen molar-refractivity contribution >= 4 is 5.65 Å². The van der Waals surface area contributed by atoms with Crippen molar-refractivity contribution in [2.45, 2.75) is 25.2 Å². The summed E-state index contributed by atoms with van der Waals surface area (Å²) in [5, 5.41) is 17.8. The molecule has 29 heavy (non-hydrogen) atoms. The number of piperidine rings is 1. The van der Waals surface area contributed by atoms with E-state index in [-0.39, 0.29) is 0 Å². The first kappa shape index (κ1) is 18.7. The minimum atomic E-state index is 0.396. The molecule has 0 saturated carbocycles. The average Bonchev–Trinajstić information content (AvgIpc) is 3.37. The first-order valence-electron chi connectivity index (χ1n) is 10.6. The van der Waals surface area contributed by atoms with Gasteiger partial charge in [0, 0.05) is 51.1 Å². The third kappa shape index (κ3) is 4.17. The van der Waals surface area contributed by atoms with Crippen molar-refractivity contribution in [2.75, 3.05) is 52.5 Å². The van der Waals surface area contributed by atoms with Crippen molar-refractivity contribution in [2.24, 2.45) is 0 Å². The molecule has 5 rings (SSSR count). The summed E-state index contributed by atoms with van der Waals surface area (Å²) in [5.41, 5.74) is 0.793. The smallest absolute Gasteiger partial charge is 0.178 e. The van der Waals surface area contributed by atoms with E-state index in [1.54, 1.807) is 10.9 Å². The van der Waals surface area contributed by atoms with Gasteiger partial charge in [-0.05, 0) is 50.6 Å². The van der Waals surface area contributed by atoms with Crippen LogP contribution in [0, 0.1) is 0 Å². The summed E-state index contributed by atoms with van der Waals surface area (Å²) >= 11 is 0. The number of fused-ring (bicyclic) bond motifs is 1. The summed E-state index contributed by atoms with van der Waals surface area (Å²) in [4.78, 5) is 5.11. The average molecular weight is 396 g/mol. The van der Waals surface area contributed by atoms with E-state index in [4.69, 9.17) is 9.84 Å². The summed E-state index contributed by atoms with van der Waals surface area (Å²) in [5.74, 6) is 2.15. The van der Waals surface area contributed by atoms with Crippen LogP contribution in [0.25, 0.3) is 11.5 Å².